The Kier molecular flexibility index (Phi) is 6.44. The van der Waals surface area contributed by atoms with Crippen molar-refractivity contribution in [1.82, 2.24) is 15.5 Å². The van der Waals surface area contributed by atoms with Gasteiger partial charge < -0.3 is 15.7 Å². The molecule has 1 aliphatic rings. The molecule has 0 aromatic heterocycles. The Labute approximate surface area is 138 Å². The predicted molar refractivity (Wildman–Crippen MR) is 83.3 cm³/mol. The van der Waals surface area contributed by atoms with E-state index in [1.54, 1.807) is 5.32 Å². The smallest absolute Gasteiger partial charge is 0.393 e. The molecule has 1 aromatic carbocycles. The number of benzene rings is 1. The fourth-order valence-corrected chi connectivity index (χ4v) is 2.62. The van der Waals surface area contributed by atoms with Gasteiger partial charge in [-0.05, 0) is 24.0 Å². The number of nitrogens with one attached hydrogen (secondary N) is 2. The van der Waals surface area contributed by atoms with Crippen molar-refractivity contribution in [2.45, 2.75) is 38.2 Å². The lowest BCUT2D eigenvalue weighted by atomic mass is 10.0. The van der Waals surface area contributed by atoms with Gasteiger partial charge in [-0.2, -0.15) is 13.2 Å². The van der Waals surface area contributed by atoms with E-state index in [2.05, 4.69) is 10.2 Å². The quantitative estimate of drug-likeness (QED) is 0.765. The number of amides is 2. The predicted octanol–water partition coefficient (Wildman–Crippen LogP) is 2.00. The summed E-state index contributed by atoms with van der Waals surface area (Å²) in [7, 11) is 0. The third-order valence-corrected chi connectivity index (χ3v) is 3.96. The Balaban J connectivity index is 1.86. The molecule has 1 heterocycles. The molecule has 1 saturated heterocycles. The summed E-state index contributed by atoms with van der Waals surface area (Å²) in [5.41, 5.74) is 1.88. The van der Waals surface area contributed by atoms with Crippen LogP contribution in [0.3, 0.4) is 0 Å². The number of halogens is 3. The molecular formula is C16H22F3N3O2. The molecule has 0 unspecified atom stereocenters. The van der Waals surface area contributed by atoms with E-state index < -0.39 is 18.8 Å². The van der Waals surface area contributed by atoms with E-state index in [1.165, 1.54) is 0 Å². The summed E-state index contributed by atoms with van der Waals surface area (Å²) in [5.74, 6) is 0. The maximum atomic E-state index is 12.1. The minimum atomic E-state index is -4.42. The van der Waals surface area contributed by atoms with Crippen molar-refractivity contribution < 1.29 is 23.1 Å². The average Bonchev–Trinajstić information content (AvgIpc) is 2.53. The van der Waals surface area contributed by atoms with Gasteiger partial charge in [0.15, 0.2) is 0 Å². The van der Waals surface area contributed by atoms with Gasteiger partial charge in [0.1, 0.15) is 6.54 Å². The first-order chi connectivity index (χ1) is 11.3. The third kappa shape index (κ3) is 6.37. The van der Waals surface area contributed by atoms with Crippen molar-refractivity contribution in [2.24, 2.45) is 0 Å². The summed E-state index contributed by atoms with van der Waals surface area (Å²) in [6.07, 6.45) is -3.19. The molecule has 1 aromatic rings. The summed E-state index contributed by atoms with van der Waals surface area (Å²) >= 11 is 0. The average molecular weight is 345 g/mol. The number of urea groups is 1. The van der Waals surface area contributed by atoms with Gasteiger partial charge in [-0.3, -0.25) is 4.90 Å². The largest absolute Gasteiger partial charge is 0.405 e. The number of likely N-dealkylation sites (tertiary alicyclic amines) is 1. The van der Waals surface area contributed by atoms with Gasteiger partial charge in [0.2, 0.25) is 0 Å². The van der Waals surface area contributed by atoms with Gasteiger partial charge in [-0.15, -0.1) is 0 Å². The second kappa shape index (κ2) is 8.34. The summed E-state index contributed by atoms with van der Waals surface area (Å²) < 4.78 is 36.2. The zero-order valence-corrected chi connectivity index (χ0v) is 13.3. The number of hydrogen-bond acceptors (Lipinski definition) is 3. The number of alkyl halides is 3. The standard InChI is InChI=1S/C16H22F3N3O2/c17-16(18,19)11-21-15(24)20-9-12-3-1-2-4-13(12)10-22-7-5-14(23)6-8-22/h1-4,14,23H,5-11H2,(H2,20,21,24). The Hall–Kier alpha value is -1.80. The van der Waals surface area contributed by atoms with E-state index in [9.17, 15) is 23.1 Å². The summed E-state index contributed by atoms with van der Waals surface area (Å²) in [6.45, 7) is 1.10. The van der Waals surface area contributed by atoms with Crippen LogP contribution in [-0.4, -0.2) is 48.0 Å². The minimum Gasteiger partial charge on any atom is -0.393 e. The second-order valence-corrected chi connectivity index (χ2v) is 5.93. The van der Waals surface area contributed by atoms with Crippen LogP contribution in [0.2, 0.25) is 0 Å². The highest BCUT2D eigenvalue weighted by atomic mass is 19.4. The number of rotatable bonds is 5. The lowest BCUT2D eigenvalue weighted by Gasteiger charge is -2.30. The molecule has 0 aliphatic carbocycles. The normalized spacial score (nSPS) is 16.8. The lowest BCUT2D eigenvalue weighted by Crippen LogP contribution is -2.40. The van der Waals surface area contributed by atoms with Crippen LogP contribution in [0.1, 0.15) is 24.0 Å². The van der Waals surface area contributed by atoms with E-state index in [4.69, 9.17) is 0 Å². The molecule has 1 fully saturated rings. The highest BCUT2D eigenvalue weighted by Crippen LogP contribution is 2.16. The molecule has 24 heavy (non-hydrogen) atoms. The summed E-state index contributed by atoms with van der Waals surface area (Å²) in [6, 6.07) is 6.66. The van der Waals surface area contributed by atoms with Crippen molar-refractivity contribution in [3.05, 3.63) is 35.4 Å². The number of hydrogen-bond donors (Lipinski definition) is 3. The van der Waals surface area contributed by atoms with Gasteiger partial charge in [0.05, 0.1) is 6.10 Å². The SMILES string of the molecule is O=C(NCc1ccccc1CN1CCC(O)CC1)NCC(F)(F)F. The van der Waals surface area contributed by atoms with Gasteiger partial charge in [0, 0.05) is 26.2 Å². The molecule has 8 heteroatoms. The van der Waals surface area contributed by atoms with E-state index in [1.807, 2.05) is 24.3 Å². The van der Waals surface area contributed by atoms with E-state index in [0.29, 0.717) is 6.54 Å². The van der Waals surface area contributed by atoms with Gasteiger partial charge in [-0.1, -0.05) is 24.3 Å². The van der Waals surface area contributed by atoms with E-state index >= 15 is 0 Å². The van der Waals surface area contributed by atoms with Crippen LogP contribution in [0.5, 0.6) is 0 Å². The van der Waals surface area contributed by atoms with Crippen molar-refractivity contribution >= 4 is 6.03 Å². The van der Waals surface area contributed by atoms with Crippen LogP contribution < -0.4 is 10.6 Å². The number of aliphatic hydroxyl groups is 1. The van der Waals surface area contributed by atoms with Crippen LogP contribution in [-0.2, 0) is 13.1 Å². The number of carbonyl (C=O) groups excluding carboxylic acids is 1. The molecule has 0 saturated carbocycles. The molecule has 1 aliphatic heterocycles. The van der Waals surface area contributed by atoms with Crippen molar-refractivity contribution in [3.63, 3.8) is 0 Å². The topological polar surface area (TPSA) is 64.6 Å². The molecule has 2 rings (SSSR count). The molecule has 0 radical (unpaired) electrons. The Morgan fingerprint density at radius 3 is 2.42 bits per heavy atom. The van der Waals surface area contributed by atoms with Crippen molar-refractivity contribution in [1.29, 1.82) is 0 Å². The molecule has 0 bridgehead atoms. The molecule has 0 spiro atoms. The second-order valence-electron chi connectivity index (χ2n) is 5.93. The zero-order valence-electron chi connectivity index (χ0n) is 13.3. The minimum absolute atomic E-state index is 0.163. The van der Waals surface area contributed by atoms with Crippen LogP contribution in [0.25, 0.3) is 0 Å². The third-order valence-electron chi connectivity index (χ3n) is 3.96. The maximum Gasteiger partial charge on any atom is 0.405 e. The van der Waals surface area contributed by atoms with Gasteiger partial charge in [0.25, 0.3) is 0 Å². The van der Waals surface area contributed by atoms with Crippen molar-refractivity contribution in [3.8, 4) is 0 Å². The molecule has 134 valence electrons. The first kappa shape index (κ1) is 18.5. The Morgan fingerprint density at radius 2 is 1.79 bits per heavy atom. The summed E-state index contributed by atoms with van der Waals surface area (Å²) in [5, 5.41) is 13.8. The first-order valence-corrected chi connectivity index (χ1v) is 7.89. The number of carbonyl (C=O) groups is 1. The van der Waals surface area contributed by atoms with Crippen LogP contribution >= 0.6 is 0 Å². The van der Waals surface area contributed by atoms with E-state index in [-0.39, 0.29) is 12.6 Å². The fourth-order valence-electron chi connectivity index (χ4n) is 2.62. The monoisotopic (exact) mass is 345 g/mol. The lowest BCUT2D eigenvalue weighted by molar-refractivity contribution is -0.122. The number of nitrogens with zero attached hydrogens (tertiary/aromatic N) is 1. The van der Waals surface area contributed by atoms with Gasteiger partial charge >= 0.3 is 12.2 Å². The number of aliphatic hydroxyl groups excluding tert-OH is 1. The molecule has 3 N–H and O–H groups in total. The highest BCUT2D eigenvalue weighted by molar-refractivity contribution is 5.73. The molecule has 5 nitrogen and oxygen atoms in total. The Morgan fingerprint density at radius 1 is 1.17 bits per heavy atom. The molecular weight excluding hydrogens is 323 g/mol. The van der Waals surface area contributed by atoms with Crippen LogP contribution in [0.4, 0.5) is 18.0 Å². The Bertz CT molecular complexity index is 544. The highest BCUT2D eigenvalue weighted by Gasteiger charge is 2.27. The number of piperidine rings is 1. The summed E-state index contributed by atoms with van der Waals surface area (Å²) in [4.78, 5) is 13.7. The van der Waals surface area contributed by atoms with Gasteiger partial charge in [-0.25, -0.2) is 4.79 Å². The van der Waals surface area contributed by atoms with Crippen molar-refractivity contribution in [2.75, 3.05) is 19.6 Å². The molecule has 2 amide bonds. The zero-order chi connectivity index (χ0) is 17.6. The van der Waals surface area contributed by atoms with Crippen LogP contribution in [0, 0.1) is 0 Å². The van der Waals surface area contributed by atoms with E-state index in [0.717, 1.165) is 37.1 Å². The first-order valence-electron chi connectivity index (χ1n) is 7.89. The van der Waals surface area contributed by atoms with Crippen LogP contribution in [0.15, 0.2) is 24.3 Å². The fraction of sp³-hybridized carbons (Fsp3) is 0.562. The maximum absolute atomic E-state index is 12.1. The molecule has 0 atom stereocenters.